The summed E-state index contributed by atoms with van der Waals surface area (Å²) in [5.74, 6) is 1.69. The highest BCUT2D eigenvalue weighted by atomic mass is 16.5. The molecule has 0 atom stereocenters. The molecule has 1 heteroatoms. The third-order valence-corrected chi connectivity index (χ3v) is 3.06. The van der Waals surface area contributed by atoms with Crippen LogP contribution >= 0.6 is 0 Å². The van der Waals surface area contributed by atoms with E-state index in [1.165, 1.54) is 25.7 Å². The molecule has 0 saturated heterocycles. The van der Waals surface area contributed by atoms with Crippen molar-refractivity contribution in [2.24, 2.45) is 11.8 Å². The van der Waals surface area contributed by atoms with Gasteiger partial charge in [-0.3, -0.25) is 0 Å². The number of hydrogen-bond acceptors (Lipinski definition) is 1. The van der Waals surface area contributed by atoms with E-state index in [9.17, 15) is 0 Å². The van der Waals surface area contributed by atoms with Gasteiger partial charge in [-0.15, -0.1) is 0 Å². The Kier molecular flexibility index (Phi) is 5.93. The van der Waals surface area contributed by atoms with Crippen LogP contribution in [0.1, 0.15) is 46.0 Å². The third kappa shape index (κ3) is 4.28. The number of ether oxygens (including phenoxy) is 1. The molecule has 1 aliphatic rings. The third-order valence-electron chi connectivity index (χ3n) is 3.06. The molecule has 0 bridgehead atoms. The van der Waals surface area contributed by atoms with Crippen molar-refractivity contribution in [3.05, 3.63) is 12.2 Å². The van der Waals surface area contributed by atoms with Gasteiger partial charge in [0, 0.05) is 13.2 Å². The normalized spacial score (nSPS) is 28.4. The quantitative estimate of drug-likeness (QED) is 0.480. The molecule has 1 nitrogen and oxygen atoms in total. The molecule has 0 aromatic rings. The molecule has 0 radical (unpaired) electrons. The van der Waals surface area contributed by atoms with Gasteiger partial charge in [0.1, 0.15) is 0 Å². The first-order valence-corrected chi connectivity index (χ1v) is 6.07. The van der Waals surface area contributed by atoms with Crippen molar-refractivity contribution in [1.82, 2.24) is 0 Å². The van der Waals surface area contributed by atoms with Gasteiger partial charge >= 0.3 is 0 Å². The van der Waals surface area contributed by atoms with E-state index in [1.54, 1.807) is 0 Å². The fourth-order valence-corrected chi connectivity index (χ4v) is 2.21. The Morgan fingerprint density at radius 2 is 1.93 bits per heavy atom. The summed E-state index contributed by atoms with van der Waals surface area (Å²) in [5.41, 5.74) is 0. The average Bonchev–Trinajstić information content (AvgIpc) is 2.21. The lowest BCUT2D eigenvalue weighted by atomic mass is 9.82. The number of hydrogen-bond donors (Lipinski definition) is 0. The molecule has 82 valence electrons. The van der Waals surface area contributed by atoms with E-state index >= 15 is 0 Å². The molecule has 1 aliphatic carbocycles. The highest BCUT2D eigenvalue weighted by Crippen LogP contribution is 2.29. The van der Waals surface area contributed by atoms with Crippen LogP contribution < -0.4 is 0 Å². The maximum absolute atomic E-state index is 5.60. The van der Waals surface area contributed by atoms with Gasteiger partial charge in [-0.05, 0) is 50.9 Å². The predicted molar refractivity (Wildman–Crippen MR) is 61.4 cm³/mol. The molecule has 0 aromatic carbocycles. The Labute approximate surface area is 88.5 Å². The van der Waals surface area contributed by atoms with Gasteiger partial charge in [0.25, 0.3) is 0 Å². The summed E-state index contributed by atoms with van der Waals surface area (Å²) in [5, 5.41) is 0. The fourth-order valence-electron chi connectivity index (χ4n) is 2.21. The minimum atomic E-state index is 0.836. The van der Waals surface area contributed by atoms with Gasteiger partial charge in [0.15, 0.2) is 0 Å². The smallest absolute Gasteiger partial charge is 0.0494 e. The van der Waals surface area contributed by atoms with E-state index in [-0.39, 0.29) is 0 Å². The molecule has 14 heavy (non-hydrogen) atoms. The number of allylic oxidation sites excluding steroid dienone is 2. The van der Waals surface area contributed by atoms with E-state index < -0.39 is 0 Å². The lowest BCUT2D eigenvalue weighted by molar-refractivity contribution is 0.0815. The van der Waals surface area contributed by atoms with E-state index in [1.807, 2.05) is 0 Å². The average molecular weight is 196 g/mol. The molecular formula is C13H24O. The molecule has 0 aromatic heterocycles. The van der Waals surface area contributed by atoms with Crippen molar-refractivity contribution < 1.29 is 4.74 Å². The molecule has 1 fully saturated rings. The van der Waals surface area contributed by atoms with Crippen molar-refractivity contribution in [3.8, 4) is 0 Å². The van der Waals surface area contributed by atoms with Gasteiger partial charge in [-0.2, -0.15) is 0 Å². The molecule has 0 heterocycles. The van der Waals surface area contributed by atoms with E-state index in [0.717, 1.165) is 31.5 Å². The summed E-state index contributed by atoms with van der Waals surface area (Å²) in [6.07, 6.45) is 11.2. The molecular weight excluding hydrogens is 172 g/mol. The minimum Gasteiger partial charge on any atom is -0.381 e. The van der Waals surface area contributed by atoms with E-state index in [0.29, 0.717) is 0 Å². The van der Waals surface area contributed by atoms with Crippen molar-refractivity contribution in [3.63, 3.8) is 0 Å². The van der Waals surface area contributed by atoms with Crippen LogP contribution in [-0.2, 0) is 4.74 Å². The summed E-state index contributed by atoms with van der Waals surface area (Å²) in [7, 11) is 0. The van der Waals surface area contributed by atoms with Crippen LogP contribution in [-0.4, -0.2) is 13.2 Å². The van der Waals surface area contributed by atoms with Crippen LogP contribution in [0.4, 0.5) is 0 Å². The van der Waals surface area contributed by atoms with Gasteiger partial charge in [-0.1, -0.05) is 19.1 Å². The zero-order valence-corrected chi connectivity index (χ0v) is 9.67. The molecule has 0 unspecified atom stereocenters. The molecule has 0 spiro atoms. The minimum absolute atomic E-state index is 0.836. The highest BCUT2D eigenvalue weighted by molar-refractivity contribution is 4.88. The summed E-state index contributed by atoms with van der Waals surface area (Å²) in [6, 6.07) is 0. The first kappa shape index (κ1) is 11.8. The summed E-state index contributed by atoms with van der Waals surface area (Å²) in [4.78, 5) is 0. The Morgan fingerprint density at radius 1 is 1.21 bits per heavy atom. The molecule has 0 aliphatic heterocycles. The second-order valence-electron chi connectivity index (χ2n) is 4.38. The Bertz CT molecular complexity index is 155. The van der Waals surface area contributed by atoms with E-state index in [2.05, 4.69) is 26.0 Å². The summed E-state index contributed by atoms with van der Waals surface area (Å²) >= 11 is 0. The second kappa shape index (κ2) is 7.05. The standard InChI is InChI=1S/C13H24O/c1-3-5-12-6-8-13(9-7-12)11-14-10-4-2/h3,5,12-13H,4,6-11H2,1-2H3/b5-3+. The Morgan fingerprint density at radius 3 is 2.50 bits per heavy atom. The highest BCUT2D eigenvalue weighted by Gasteiger charge is 2.18. The topological polar surface area (TPSA) is 9.23 Å². The monoisotopic (exact) mass is 196 g/mol. The molecule has 1 rings (SSSR count). The first-order chi connectivity index (χ1) is 6.86. The van der Waals surface area contributed by atoms with Crippen LogP contribution in [0.2, 0.25) is 0 Å². The van der Waals surface area contributed by atoms with Gasteiger partial charge in [-0.25, -0.2) is 0 Å². The maximum Gasteiger partial charge on any atom is 0.0494 e. The van der Waals surface area contributed by atoms with Gasteiger partial charge < -0.3 is 4.74 Å². The summed E-state index contributed by atoms with van der Waals surface area (Å²) in [6.45, 7) is 6.23. The molecule has 0 N–H and O–H groups in total. The molecule has 0 amide bonds. The Balaban J connectivity index is 2.09. The SMILES string of the molecule is C/C=C/C1CCC(COCCC)CC1. The zero-order valence-electron chi connectivity index (χ0n) is 9.67. The fraction of sp³-hybridized carbons (Fsp3) is 0.846. The van der Waals surface area contributed by atoms with Crippen molar-refractivity contribution >= 4 is 0 Å². The lowest BCUT2D eigenvalue weighted by Crippen LogP contribution is -2.18. The van der Waals surface area contributed by atoms with Crippen LogP contribution in [0.5, 0.6) is 0 Å². The predicted octanol–water partition coefficient (Wildman–Crippen LogP) is 3.80. The van der Waals surface area contributed by atoms with Crippen molar-refractivity contribution in [2.45, 2.75) is 46.0 Å². The van der Waals surface area contributed by atoms with Crippen molar-refractivity contribution in [2.75, 3.05) is 13.2 Å². The second-order valence-corrected chi connectivity index (χ2v) is 4.38. The maximum atomic E-state index is 5.60. The van der Waals surface area contributed by atoms with Crippen molar-refractivity contribution in [1.29, 1.82) is 0 Å². The van der Waals surface area contributed by atoms with Crippen LogP contribution in [0.15, 0.2) is 12.2 Å². The van der Waals surface area contributed by atoms with Gasteiger partial charge in [0.2, 0.25) is 0 Å². The largest absolute Gasteiger partial charge is 0.381 e. The number of rotatable bonds is 5. The lowest BCUT2D eigenvalue weighted by Gasteiger charge is -2.26. The van der Waals surface area contributed by atoms with Crippen LogP contribution in [0.3, 0.4) is 0 Å². The summed E-state index contributed by atoms with van der Waals surface area (Å²) < 4.78 is 5.60. The van der Waals surface area contributed by atoms with Gasteiger partial charge in [0.05, 0.1) is 0 Å². The molecule has 1 saturated carbocycles. The van der Waals surface area contributed by atoms with Crippen LogP contribution in [0, 0.1) is 11.8 Å². The zero-order chi connectivity index (χ0) is 10.2. The van der Waals surface area contributed by atoms with Crippen LogP contribution in [0.25, 0.3) is 0 Å². The first-order valence-electron chi connectivity index (χ1n) is 6.07. The Hall–Kier alpha value is -0.300. The van der Waals surface area contributed by atoms with E-state index in [4.69, 9.17) is 4.74 Å².